The second-order valence-corrected chi connectivity index (χ2v) is 3.98. The SMILES string of the molecule is Cc1c(S(=O)(=O)O)ccc[n+]1C(=O)O.[Cl-]. The van der Waals surface area contributed by atoms with Crippen LogP contribution in [0.2, 0.25) is 0 Å². The van der Waals surface area contributed by atoms with Crippen LogP contribution in [0.4, 0.5) is 4.79 Å². The van der Waals surface area contributed by atoms with Gasteiger partial charge in [0.2, 0.25) is 5.69 Å². The summed E-state index contributed by atoms with van der Waals surface area (Å²) in [5, 5.41) is 8.64. The Morgan fingerprint density at radius 3 is 2.40 bits per heavy atom. The highest BCUT2D eigenvalue weighted by Crippen LogP contribution is 2.09. The fourth-order valence-corrected chi connectivity index (χ4v) is 1.77. The maximum Gasteiger partial charge on any atom is 0.599 e. The third kappa shape index (κ3) is 2.88. The number of nitrogens with zero attached hydrogens (tertiary/aromatic N) is 1. The average molecular weight is 254 g/mol. The standard InChI is InChI=1S/C7H7NO5S.ClH/c1-5-6(14(11,12)13)3-2-4-8(5)7(9)10;/h2-4H,1H3,(H-,9,10,11,12,13);1H. The molecule has 0 saturated carbocycles. The molecule has 0 aromatic carbocycles. The molecule has 0 aliphatic rings. The maximum atomic E-state index is 10.8. The first kappa shape index (κ1) is 13.8. The average Bonchev–Trinajstić information content (AvgIpc) is 2.01. The quantitative estimate of drug-likeness (QED) is 0.412. The molecule has 1 heterocycles. The summed E-state index contributed by atoms with van der Waals surface area (Å²) in [5.41, 5.74) is -0.0532. The van der Waals surface area contributed by atoms with E-state index in [4.69, 9.17) is 9.66 Å². The van der Waals surface area contributed by atoms with Crippen molar-refractivity contribution in [2.45, 2.75) is 11.8 Å². The van der Waals surface area contributed by atoms with Crippen LogP contribution < -0.4 is 17.0 Å². The lowest BCUT2D eigenvalue weighted by Crippen LogP contribution is -3.00. The number of halogens is 1. The van der Waals surface area contributed by atoms with Crippen LogP contribution in [0, 0.1) is 6.92 Å². The number of aromatic nitrogens is 1. The van der Waals surface area contributed by atoms with Gasteiger partial charge in [-0.3, -0.25) is 4.55 Å². The van der Waals surface area contributed by atoms with Crippen molar-refractivity contribution in [1.29, 1.82) is 0 Å². The molecule has 0 spiro atoms. The first-order chi connectivity index (χ1) is 6.34. The minimum absolute atomic E-state index is 0. The van der Waals surface area contributed by atoms with Crippen LogP contribution in [0.15, 0.2) is 23.2 Å². The van der Waals surface area contributed by atoms with Gasteiger partial charge < -0.3 is 17.5 Å². The molecule has 84 valence electrons. The molecular weight excluding hydrogens is 246 g/mol. The summed E-state index contributed by atoms with van der Waals surface area (Å²) in [6.07, 6.45) is -0.125. The molecule has 8 heteroatoms. The molecule has 1 rings (SSSR count). The fraction of sp³-hybridized carbons (Fsp3) is 0.143. The van der Waals surface area contributed by atoms with E-state index in [1.165, 1.54) is 19.2 Å². The number of hydrogen-bond donors (Lipinski definition) is 2. The largest absolute Gasteiger partial charge is 1.00 e. The van der Waals surface area contributed by atoms with Gasteiger partial charge in [0.15, 0.2) is 11.1 Å². The highest BCUT2D eigenvalue weighted by atomic mass is 35.5. The van der Waals surface area contributed by atoms with Crippen molar-refractivity contribution in [2.24, 2.45) is 0 Å². The molecule has 1 aromatic rings. The minimum atomic E-state index is -4.37. The Balaban J connectivity index is 0.00000196. The fourth-order valence-electron chi connectivity index (χ4n) is 1.05. The molecule has 6 nitrogen and oxygen atoms in total. The lowest BCUT2D eigenvalue weighted by molar-refractivity contribution is -0.593. The lowest BCUT2D eigenvalue weighted by atomic mass is 10.4. The van der Waals surface area contributed by atoms with Gasteiger partial charge in [-0.1, -0.05) is 4.57 Å². The van der Waals surface area contributed by atoms with Gasteiger partial charge in [-0.25, -0.2) is 0 Å². The lowest BCUT2D eigenvalue weighted by Gasteiger charge is -1.98. The second-order valence-electron chi connectivity index (χ2n) is 2.59. The molecule has 0 aliphatic heterocycles. The number of pyridine rings is 1. The Labute approximate surface area is 92.3 Å². The smallest absolute Gasteiger partial charge is 0.599 e. The molecule has 0 aliphatic carbocycles. The zero-order valence-electron chi connectivity index (χ0n) is 7.58. The summed E-state index contributed by atoms with van der Waals surface area (Å²) in [6.45, 7) is 1.29. The normalized spacial score (nSPS) is 10.5. The molecule has 0 atom stereocenters. The van der Waals surface area contributed by atoms with Crippen molar-refractivity contribution in [1.82, 2.24) is 0 Å². The number of carboxylic acid groups (broad SMARTS) is 1. The predicted molar refractivity (Wildman–Crippen MR) is 44.6 cm³/mol. The van der Waals surface area contributed by atoms with E-state index in [-0.39, 0.29) is 18.1 Å². The van der Waals surface area contributed by atoms with E-state index in [1.54, 1.807) is 0 Å². The molecule has 0 bridgehead atoms. The molecule has 0 saturated heterocycles. The van der Waals surface area contributed by atoms with Gasteiger partial charge in [-0.05, 0) is 6.07 Å². The molecule has 0 amide bonds. The summed E-state index contributed by atoms with van der Waals surface area (Å²) >= 11 is 0. The molecule has 0 fully saturated rings. The van der Waals surface area contributed by atoms with E-state index >= 15 is 0 Å². The highest BCUT2D eigenvalue weighted by molar-refractivity contribution is 7.85. The van der Waals surface area contributed by atoms with E-state index in [9.17, 15) is 13.2 Å². The van der Waals surface area contributed by atoms with Crippen molar-refractivity contribution >= 4 is 16.2 Å². The topological polar surface area (TPSA) is 95.6 Å². The zero-order valence-corrected chi connectivity index (χ0v) is 9.16. The van der Waals surface area contributed by atoms with Crippen LogP contribution in [0.5, 0.6) is 0 Å². The second kappa shape index (κ2) is 4.56. The van der Waals surface area contributed by atoms with Gasteiger partial charge >= 0.3 is 16.2 Å². The number of hydrogen-bond acceptors (Lipinski definition) is 3. The first-order valence-electron chi connectivity index (χ1n) is 3.56. The van der Waals surface area contributed by atoms with Gasteiger partial charge in [-0.2, -0.15) is 13.2 Å². The summed E-state index contributed by atoms with van der Waals surface area (Å²) < 4.78 is 31.0. The third-order valence-electron chi connectivity index (χ3n) is 1.68. The van der Waals surface area contributed by atoms with Crippen molar-refractivity contribution in [3.63, 3.8) is 0 Å². The van der Waals surface area contributed by atoms with Crippen LogP contribution in [-0.4, -0.2) is 24.2 Å². The predicted octanol–water partition coefficient (Wildman–Crippen LogP) is -2.94. The molecular formula is C7H8ClNO5S. The Kier molecular flexibility index (Phi) is 4.20. The van der Waals surface area contributed by atoms with Crippen molar-refractivity contribution < 1.29 is 39.8 Å². The van der Waals surface area contributed by atoms with Gasteiger partial charge in [0.25, 0.3) is 0 Å². The Morgan fingerprint density at radius 1 is 1.47 bits per heavy atom. The Hall–Kier alpha value is -1.18. The molecule has 0 radical (unpaired) electrons. The van der Waals surface area contributed by atoms with Gasteiger partial charge in [0, 0.05) is 13.0 Å². The summed E-state index contributed by atoms with van der Waals surface area (Å²) in [6, 6.07) is 2.36. The van der Waals surface area contributed by atoms with E-state index in [0.29, 0.717) is 4.57 Å². The minimum Gasteiger partial charge on any atom is -1.00 e. The van der Waals surface area contributed by atoms with Gasteiger partial charge in [0.1, 0.15) is 0 Å². The van der Waals surface area contributed by atoms with E-state index in [1.807, 2.05) is 0 Å². The zero-order chi connectivity index (χ0) is 10.9. The molecule has 2 N–H and O–H groups in total. The summed E-state index contributed by atoms with van der Waals surface area (Å²) in [5.74, 6) is 0. The van der Waals surface area contributed by atoms with E-state index in [2.05, 4.69) is 0 Å². The molecule has 1 aromatic heterocycles. The molecule has 0 unspecified atom stereocenters. The van der Waals surface area contributed by atoms with Crippen LogP contribution in [-0.2, 0) is 10.1 Å². The van der Waals surface area contributed by atoms with Crippen molar-refractivity contribution in [3.8, 4) is 0 Å². The number of rotatable bonds is 1. The van der Waals surface area contributed by atoms with Crippen LogP contribution in [0.25, 0.3) is 0 Å². The third-order valence-corrected chi connectivity index (χ3v) is 2.67. The Bertz CT molecular complexity index is 484. The summed E-state index contributed by atoms with van der Waals surface area (Å²) in [4.78, 5) is 10.2. The Morgan fingerprint density at radius 2 is 2.00 bits per heavy atom. The summed E-state index contributed by atoms with van der Waals surface area (Å²) in [7, 11) is -4.37. The first-order valence-corrected chi connectivity index (χ1v) is 5.00. The van der Waals surface area contributed by atoms with E-state index in [0.717, 1.165) is 6.07 Å². The maximum absolute atomic E-state index is 10.8. The van der Waals surface area contributed by atoms with Crippen LogP contribution in [0.1, 0.15) is 5.69 Å². The van der Waals surface area contributed by atoms with E-state index < -0.39 is 21.1 Å². The van der Waals surface area contributed by atoms with Gasteiger partial charge in [0.05, 0.1) is 0 Å². The highest BCUT2D eigenvalue weighted by Gasteiger charge is 2.24. The molecule has 15 heavy (non-hydrogen) atoms. The van der Waals surface area contributed by atoms with Crippen molar-refractivity contribution in [2.75, 3.05) is 0 Å². The van der Waals surface area contributed by atoms with Crippen molar-refractivity contribution in [3.05, 3.63) is 24.0 Å². The number of carbonyl (C=O) groups is 1. The van der Waals surface area contributed by atoms with Crippen LogP contribution in [0.3, 0.4) is 0 Å². The monoisotopic (exact) mass is 253 g/mol. The van der Waals surface area contributed by atoms with Gasteiger partial charge in [-0.15, -0.1) is 0 Å². The van der Waals surface area contributed by atoms with Crippen LogP contribution >= 0.6 is 0 Å².